The summed E-state index contributed by atoms with van der Waals surface area (Å²) in [5, 5.41) is 3.98. The first kappa shape index (κ1) is 21.5. The minimum Gasteiger partial charge on any atom is -0.369 e. The van der Waals surface area contributed by atoms with E-state index in [2.05, 4.69) is 16.8 Å². The number of likely N-dealkylation sites (tertiary alicyclic amines) is 1. The Kier molecular flexibility index (Phi) is 7.93. The van der Waals surface area contributed by atoms with Crippen LogP contribution in [0, 0.1) is 18.7 Å². The summed E-state index contributed by atoms with van der Waals surface area (Å²) in [5.74, 6) is -0.439. The average Bonchev–Trinajstić information content (AvgIpc) is 2.90. The van der Waals surface area contributed by atoms with E-state index in [0.717, 1.165) is 25.1 Å². The van der Waals surface area contributed by atoms with Crippen LogP contribution in [0.2, 0.25) is 0 Å². The van der Waals surface area contributed by atoms with E-state index in [1.54, 1.807) is 31.2 Å². The Balaban J connectivity index is 2.08. The van der Waals surface area contributed by atoms with E-state index in [1.165, 1.54) is 6.07 Å². The third-order valence-electron chi connectivity index (χ3n) is 4.73. The van der Waals surface area contributed by atoms with Crippen molar-refractivity contribution in [3.05, 3.63) is 64.1 Å². The monoisotopic (exact) mass is 410 g/mol. The maximum Gasteiger partial charge on any atom is 0.227 e. The minimum absolute atomic E-state index is 0.0414. The number of carbonyl (C=O) groups excluding carboxylic acids is 1. The summed E-state index contributed by atoms with van der Waals surface area (Å²) < 4.78 is 13.4. The highest BCUT2D eigenvalue weighted by Gasteiger charge is 2.25. The number of hydrogen-bond acceptors (Lipinski definition) is 2. The van der Waals surface area contributed by atoms with E-state index < -0.39 is 0 Å². The number of nitrogens with zero attached hydrogens (tertiary/aromatic N) is 1. The summed E-state index contributed by atoms with van der Waals surface area (Å²) in [6.07, 6.45) is 5.68. The van der Waals surface area contributed by atoms with Crippen molar-refractivity contribution in [2.45, 2.75) is 33.1 Å². The molecule has 27 heavy (non-hydrogen) atoms. The molecule has 2 rings (SSSR count). The predicted octanol–water partition coefficient (Wildman–Crippen LogP) is 5.95. The second-order valence-corrected chi connectivity index (χ2v) is 7.42. The number of allylic oxidation sites excluding steroid dienone is 4. The van der Waals surface area contributed by atoms with Gasteiger partial charge in [-0.05, 0) is 62.9 Å². The lowest BCUT2D eigenvalue weighted by molar-refractivity contribution is -0.120. The number of amides is 1. The van der Waals surface area contributed by atoms with Gasteiger partial charge in [-0.3, -0.25) is 4.79 Å². The van der Waals surface area contributed by atoms with Gasteiger partial charge in [-0.25, -0.2) is 4.39 Å². The van der Waals surface area contributed by atoms with Crippen LogP contribution in [0.5, 0.6) is 0 Å². The zero-order valence-electron chi connectivity index (χ0n) is 15.7. The van der Waals surface area contributed by atoms with E-state index in [0.29, 0.717) is 34.3 Å². The van der Waals surface area contributed by atoms with Gasteiger partial charge in [0.2, 0.25) is 5.91 Å². The molecule has 1 aromatic rings. The molecule has 1 N–H and O–H groups in total. The number of carbonyl (C=O) groups is 1. The number of halogens is 3. The fourth-order valence-corrected chi connectivity index (χ4v) is 3.69. The zero-order valence-corrected chi connectivity index (χ0v) is 17.2. The lowest BCUT2D eigenvalue weighted by atomic mass is 9.99. The molecule has 0 aliphatic carbocycles. The van der Waals surface area contributed by atoms with Crippen molar-refractivity contribution in [2.24, 2.45) is 5.92 Å². The predicted molar refractivity (Wildman–Crippen MR) is 111 cm³/mol. The Labute approximate surface area is 170 Å². The number of anilines is 1. The molecule has 1 atom stereocenters. The molecule has 1 aliphatic rings. The van der Waals surface area contributed by atoms with Gasteiger partial charge < -0.3 is 10.2 Å². The van der Waals surface area contributed by atoms with Gasteiger partial charge in [0.25, 0.3) is 0 Å². The maximum absolute atomic E-state index is 13.4. The van der Waals surface area contributed by atoms with Crippen LogP contribution in [0.4, 0.5) is 10.1 Å². The number of aryl methyl sites for hydroxylation is 1. The van der Waals surface area contributed by atoms with Crippen molar-refractivity contribution < 1.29 is 9.18 Å². The highest BCUT2D eigenvalue weighted by atomic mass is 35.5. The van der Waals surface area contributed by atoms with E-state index in [4.69, 9.17) is 23.2 Å². The summed E-state index contributed by atoms with van der Waals surface area (Å²) in [6.45, 7) is 8.70. The van der Waals surface area contributed by atoms with Crippen molar-refractivity contribution in [1.82, 2.24) is 4.90 Å². The van der Waals surface area contributed by atoms with Gasteiger partial charge >= 0.3 is 0 Å². The van der Waals surface area contributed by atoms with Crippen molar-refractivity contribution >= 4 is 34.8 Å². The molecule has 1 saturated heterocycles. The topological polar surface area (TPSA) is 32.3 Å². The molecule has 0 saturated carbocycles. The molecule has 1 heterocycles. The number of benzene rings is 1. The molecule has 3 nitrogen and oxygen atoms in total. The third-order valence-corrected chi connectivity index (χ3v) is 5.46. The quantitative estimate of drug-likeness (QED) is 0.607. The van der Waals surface area contributed by atoms with Crippen LogP contribution in [0.1, 0.15) is 31.7 Å². The number of hydrogen-bond donors (Lipinski definition) is 1. The Morgan fingerprint density at radius 3 is 2.70 bits per heavy atom. The van der Waals surface area contributed by atoms with Crippen LogP contribution in [0.25, 0.3) is 0 Å². The summed E-state index contributed by atoms with van der Waals surface area (Å²) >= 11 is 12.7. The molecule has 0 aromatic heterocycles. The molecular weight excluding hydrogens is 386 g/mol. The fourth-order valence-electron chi connectivity index (χ4n) is 3.20. The maximum atomic E-state index is 13.4. The fraction of sp³-hybridized carbons (Fsp3) is 0.381. The highest BCUT2D eigenvalue weighted by molar-refractivity contribution is 6.36. The lowest BCUT2D eigenvalue weighted by Crippen LogP contribution is -2.27. The van der Waals surface area contributed by atoms with Crippen LogP contribution in [0.15, 0.2) is 52.7 Å². The van der Waals surface area contributed by atoms with E-state index in [-0.39, 0.29) is 17.6 Å². The Morgan fingerprint density at radius 1 is 1.33 bits per heavy atom. The Hall–Kier alpha value is -1.78. The second-order valence-electron chi connectivity index (χ2n) is 6.61. The Bertz CT molecular complexity index is 773. The van der Waals surface area contributed by atoms with Gasteiger partial charge in [0.15, 0.2) is 0 Å². The SMILES string of the molecule is C=C/C(Cl)=C(\C(Cl)=C/C)N1CCCC(C(=O)Nc2ccc(F)c(C)c2)CC1. The van der Waals surface area contributed by atoms with Gasteiger partial charge in [0.1, 0.15) is 5.82 Å². The lowest BCUT2D eigenvalue weighted by Gasteiger charge is -2.26. The van der Waals surface area contributed by atoms with Crippen LogP contribution >= 0.6 is 23.2 Å². The zero-order chi connectivity index (χ0) is 20.0. The smallest absolute Gasteiger partial charge is 0.227 e. The summed E-state index contributed by atoms with van der Waals surface area (Å²) in [6, 6.07) is 4.60. The molecule has 1 aromatic carbocycles. The molecule has 0 radical (unpaired) electrons. The Morgan fingerprint density at radius 2 is 2.07 bits per heavy atom. The largest absolute Gasteiger partial charge is 0.369 e. The van der Waals surface area contributed by atoms with Crippen LogP contribution in [-0.4, -0.2) is 23.9 Å². The molecular formula is C21H25Cl2FN2O. The minimum atomic E-state index is -0.280. The third kappa shape index (κ3) is 5.60. The van der Waals surface area contributed by atoms with Gasteiger partial charge in [0.05, 0.1) is 15.8 Å². The first-order valence-electron chi connectivity index (χ1n) is 9.03. The second kappa shape index (κ2) is 9.95. The summed E-state index contributed by atoms with van der Waals surface area (Å²) in [4.78, 5) is 14.8. The van der Waals surface area contributed by atoms with E-state index >= 15 is 0 Å². The van der Waals surface area contributed by atoms with Crippen LogP contribution < -0.4 is 5.32 Å². The molecule has 0 bridgehead atoms. The molecule has 1 unspecified atom stereocenters. The van der Waals surface area contributed by atoms with Crippen LogP contribution in [-0.2, 0) is 4.79 Å². The molecule has 146 valence electrons. The van der Waals surface area contributed by atoms with Crippen molar-refractivity contribution in [3.8, 4) is 0 Å². The van der Waals surface area contributed by atoms with E-state index in [1.807, 2.05) is 6.92 Å². The molecule has 0 spiro atoms. The summed E-state index contributed by atoms with van der Waals surface area (Å²) in [7, 11) is 0. The number of rotatable bonds is 5. The molecule has 6 heteroatoms. The standard InChI is InChI=1S/C21H25Cl2FN2O/c1-4-17(22)20(18(23)5-2)26-11-6-7-15(10-12-26)21(27)25-16-8-9-19(24)14(3)13-16/h4-5,8-9,13,15H,1,6-7,10-12H2,2-3H3,(H,25,27)/b18-5+,20-17-. The highest BCUT2D eigenvalue weighted by Crippen LogP contribution is 2.30. The van der Waals surface area contributed by atoms with Crippen molar-refractivity contribution in [1.29, 1.82) is 0 Å². The molecule has 1 aliphatic heterocycles. The first-order valence-corrected chi connectivity index (χ1v) is 9.79. The van der Waals surface area contributed by atoms with Crippen molar-refractivity contribution in [2.75, 3.05) is 18.4 Å². The molecule has 1 fully saturated rings. The van der Waals surface area contributed by atoms with Gasteiger partial charge in [-0.1, -0.05) is 35.9 Å². The van der Waals surface area contributed by atoms with Gasteiger partial charge in [-0.2, -0.15) is 0 Å². The average molecular weight is 411 g/mol. The normalized spacial score (nSPS) is 19.2. The van der Waals surface area contributed by atoms with Gasteiger partial charge in [-0.15, -0.1) is 0 Å². The molecule has 1 amide bonds. The van der Waals surface area contributed by atoms with Crippen LogP contribution in [0.3, 0.4) is 0 Å². The first-order chi connectivity index (χ1) is 12.9. The number of nitrogens with one attached hydrogen (secondary N) is 1. The van der Waals surface area contributed by atoms with E-state index in [9.17, 15) is 9.18 Å². The summed E-state index contributed by atoms with van der Waals surface area (Å²) in [5.41, 5.74) is 1.88. The van der Waals surface area contributed by atoms with Crippen molar-refractivity contribution in [3.63, 3.8) is 0 Å². The van der Waals surface area contributed by atoms with Gasteiger partial charge in [0, 0.05) is 24.7 Å².